The van der Waals surface area contributed by atoms with Gasteiger partial charge in [0.05, 0.1) is 0 Å². The number of nitrogens with two attached hydrogens (primary N) is 1. The Labute approximate surface area is 140 Å². The first-order chi connectivity index (χ1) is 10.8. The fraction of sp³-hybridized carbons (Fsp3) is 0.417. The van der Waals surface area contributed by atoms with Gasteiger partial charge in [-0.15, -0.1) is 21.5 Å². The molecule has 3 aromatic heterocycles. The van der Waals surface area contributed by atoms with E-state index < -0.39 is 0 Å². The van der Waals surface area contributed by atoms with Crippen LogP contribution in [0.2, 0.25) is 0 Å². The van der Waals surface area contributed by atoms with Crippen molar-refractivity contribution in [3.05, 3.63) is 12.2 Å². The summed E-state index contributed by atoms with van der Waals surface area (Å²) in [6, 6.07) is 0. The monoisotopic (exact) mass is 353 g/mol. The molecule has 0 saturated carbocycles. The van der Waals surface area contributed by atoms with Crippen LogP contribution >= 0.6 is 34.9 Å². The average Bonchev–Trinajstić information content (AvgIpc) is 3.12. The molecule has 2 N–H and O–H groups in total. The van der Waals surface area contributed by atoms with Gasteiger partial charge in [0, 0.05) is 13.0 Å². The van der Waals surface area contributed by atoms with Crippen molar-refractivity contribution in [3.63, 3.8) is 0 Å². The molecule has 3 rings (SSSR count). The molecule has 0 unspecified atom stereocenters. The summed E-state index contributed by atoms with van der Waals surface area (Å²) in [5.74, 6) is 0.909. The van der Waals surface area contributed by atoms with Crippen LogP contribution in [0, 0.1) is 0 Å². The Morgan fingerprint density at radius 3 is 2.91 bits per heavy atom. The van der Waals surface area contributed by atoms with Crippen molar-refractivity contribution in [3.8, 4) is 0 Å². The molecule has 22 heavy (non-hydrogen) atoms. The van der Waals surface area contributed by atoms with Crippen molar-refractivity contribution in [1.82, 2.24) is 29.7 Å². The summed E-state index contributed by atoms with van der Waals surface area (Å²) in [6.07, 6.45) is 4.27. The van der Waals surface area contributed by atoms with Gasteiger partial charge in [-0.1, -0.05) is 11.8 Å². The zero-order chi connectivity index (χ0) is 15.5. The number of aromatic nitrogens is 6. The van der Waals surface area contributed by atoms with E-state index in [9.17, 15) is 0 Å². The van der Waals surface area contributed by atoms with Crippen molar-refractivity contribution < 1.29 is 0 Å². The lowest BCUT2D eigenvalue weighted by molar-refractivity contribution is 0.640. The van der Waals surface area contributed by atoms with E-state index in [2.05, 4.69) is 36.6 Å². The Bertz CT molecular complexity index is 782. The maximum absolute atomic E-state index is 5.62. The van der Waals surface area contributed by atoms with Gasteiger partial charge in [-0.2, -0.15) is 0 Å². The fourth-order valence-electron chi connectivity index (χ4n) is 1.99. The highest BCUT2D eigenvalue weighted by Crippen LogP contribution is 2.35. The van der Waals surface area contributed by atoms with Crippen molar-refractivity contribution in [2.24, 2.45) is 5.73 Å². The third-order valence-electron chi connectivity index (χ3n) is 2.98. The molecule has 0 radical (unpaired) electrons. The number of hydrogen-bond donors (Lipinski definition) is 1. The van der Waals surface area contributed by atoms with Crippen molar-refractivity contribution in [1.29, 1.82) is 0 Å². The normalized spacial score (nSPS) is 11.4. The number of hydrogen-bond acceptors (Lipinski definition) is 9. The zero-order valence-electron chi connectivity index (χ0n) is 12.2. The van der Waals surface area contributed by atoms with Crippen LogP contribution in [0.1, 0.15) is 12.7 Å². The number of rotatable bonds is 6. The molecule has 0 aliphatic carbocycles. The third kappa shape index (κ3) is 2.96. The molecule has 7 nitrogen and oxygen atoms in total. The first-order valence-electron chi connectivity index (χ1n) is 6.72. The van der Waals surface area contributed by atoms with Crippen LogP contribution in [0.3, 0.4) is 0 Å². The quantitative estimate of drug-likeness (QED) is 0.531. The molecule has 0 aromatic carbocycles. The summed E-state index contributed by atoms with van der Waals surface area (Å²) in [7, 11) is 0. The second-order valence-electron chi connectivity index (χ2n) is 4.30. The number of nitrogens with zero attached hydrogens (tertiary/aromatic N) is 6. The average molecular weight is 354 g/mol. The van der Waals surface area contributed by atoms with Crippen LogP contribution in [0.4, 0.5) is 0 Å². The van der Waals surface area contributed by atoms with Crippen LogP contribution in [-0.4, -0.2) is 42.5 Å². The van der Waals surface area contributed by atoms with Gasteiger partial charge < -0.3 is 10.3 Å². The highest BCUT2D eigenvalue weighted by molar-refractivity contribution is 8.00. The van der Waals surface area contributed by atoms with Crippen LogP contribution < -0.4 is 5.73 Å². The van der Waals surface area contributed by atoms with Gasteiger partial charge in [-0.3, -0.25) is 0 Å². The van der Waals surface area contributed by atoms with Gasteiger partial charge in [-0.05, 0) is 31.5 Å². The van der Waals surface area contributed by atoms with Crippen molar-refractivity contribution in [2.75, 3.05) is 12.8 Å². The molecule has 10 heteroatoms. The van der Waals surface area contributed by atoms with Gasteiger partial charge >= 0.3 is 0 Å². The van der Waals surface area contributed by atoms with Gasteiger partial charge in [-0.25, -0.2) is 15.0 Å². The molecule has 0 spiro atoms. The fourth-order valence-corrected chi connectivity index (χ4v) is 4.52. The van der Waals surface area contributed by atoms with Gasteiger partial charge in [0.2, 0.25) is 0 Å². The summed E-state index contributed by atoms with van der Waals surface area (Å²) in [5, 5.41) is 10.2. The zero-order valence-corrected chi connectivity index (χ0v) is 14.6. The van der Waals surface area contributed by atoms with E-state index in [1.807, 2.05) is 6.26 Å². The highest BCUT2D eigenvalue weighted by atomic mass is 32.2. The minimum absolute atomic E-state index is 0.562. The second kappa shape index (κ2) is 6.90. The van der Waals surface area contributed by atoms with E-state index in [0.717, 1.165) is 43.7 Å². The van der Waals surface area contributed by atoms with E-state index in [1.165, 1.54) is 11.8 Å². The van der Waals surface area contributed by atoms with Gasteiger partial charge in [0.1, 0.15) is 21.9 Å². The number of thioether (sulfide) groups is 1. The van der Waals surface area contributed by atoms with Crippen LogP contribution in [0.15, 0.2) is 20.8 Å². The SMILES string of the molecule is CCn1c(CCN)nnc1Sc1ncnc2nc(SC)sc12. The summed E-state index contributed by atoms with van der Waals surface area (Å²) in [5.41, 5.74) is 6.35. The topological polar surface area (TPSA) is 95.4 Å². The highest BCUT2D eigenvalue weighted by Gasteiger charge is 2.16. The molecule has 0 saturated heterocycles. The van der Waals surface area contributed by atoms with Crippen LogP contribution in [0.5, 0.6) is 0 Å². The van der Waals surface area contributed by atoms with E-state index >= 15 is 0 Å². The largest absolute Gasteiger partial charge is 0.330 e. The lowest BCUT2D eigenvalue weighted by Crippen LogP contribution is -2.09. The molecular weight excluding hydrogens is 338 g/mol. The standard InChI is InChI=1S/C12H15N7S3/c1-3-19-7(4-5-13)17-18-11(19)22-10-8-9(14-6-15-10)16-12(20-2)21-8/h6H,3-5,13H2,1-2H3. The van der Waals surface area contributed by atoms with E-state index in [1.54, 1.807) is 29.4 Å². The first kappa shape index (κ1) is 15.7. The van der Waals surface area contributed by atoms with E-state index in [0.29, 0.717) is 6.54 Å². The third-order valence-corrected chi connectivity index (χ3v) is 6.13. The van der Waals surface area contributed by atoms with Crippen LogP contribution in [0.25, 0.3) is 10.3 Å². The summed E-state index contributed by atoms with van der Waals surface area (Å²) >= 11 is 4.71. The lowest BCUT2D eigenvalue weighted by Gasteiger charge is -2.06. The Morgan fingerprint density at radius 1 is 1.32 bits per heavy atom. The first-order valence-corrected chi connectivity index (χ1v) is 9.58. The van der Waals surface area contributed by atoms with Gasteiger partial charge in [0.25, 0.3) is 0 Å². The maximum atomic E-state index is 5.62. The molecule has 0 bridgehead atoms. The van der Waals surface area contributed by atoms with Crippen molar-refractivity contribution >= 4 is 45.2 Å². The molecule has 3 heterocycles. The lowest BCUT2D eigenvalue weighted by atomic mass is 10.4. The molecule has 0 fully saturated rings. The molecular formula is C12H15N7S3. The number of thiazole rings is 1. The predicted octanol–water partition coefficient (Wildman–Crippen LogP) is 2.07. The summed E-state index contributed by atoms with van der Waals surface area (Å²) in [6.45, 7) is 3.44. The summed E-state index contributed by atoms with van der Waals surface area (Å²) in [4.78, 5) is 13.1. The predicted molar refractivity (Wildman–Crippen MR) is 89.6 cm³/mol. The minimum atomic E-state index is 0.562. The molecule has 116 valence electrons. The van der Waals surface area contributed by atoms with E-state index in [-0.39, 0.29) is 0 Å². The maximum Gasteiger partial charge on any atom is 0.197 e. The Hall–Kier alpha value is -1.23. The Kier molecular flexibility index (Phi) is 4.91. The van der Waals surface area contributed by atoms with E-state index in [4.69, 9.17) is 5.73 Å². The molecule has 0 atom stereocenters. The van der Waals surface area contributed by atoms with Crippen LogP contribution in [-0.2, 0) is 13.0 Å². The van der Waals surface area contributed by atoms with Gasteiger partial charge in [0.15, 0.2) is 15.1 Å². The molecule has 3 aromatic rings. The second-order valence-corrected chi connectivity index (χ2v) is 7.31. The minimum Gasteiger partial charge on any atom is -0.330 e. The van der Waals surface area contributed by atoms with Crippen molar-refractivity contribution in [2.45, 2.75) is 34.4 Å². The smallest absolute Gasteiger partial charge is 0.197 e. The molecule has 0 amide bonds. The molecule has 0 aliphatic heterocycles. The molecule has 0 aliphatic rings. The Morgan fingerprint density at radius 2 is 2.18 bits per heavy atom. The Balaban J connectivity index is 1.98. The summed E-state index contributed by atoms with van der Waals surface area (Å²) < 4.78 is 4.04. The number of fused-ring (bicyclic) bond motifs is 1.